The first-order valence-electron chi connectivity index (χ1n) is 5.02. The number of rotatable bonds is 3. The van der Waals surface area contributed by atoms with E-state index in [1.165, 1.54) is 19.3 Å². The summed E-state index contributed by atoms with van der Waals surface area (Å²) in [6.45, 7) is 2.30. The van der Waals surface area contributed by atoms with Crippen LogP contribution in [-0.4, -0.2) is 13.1 Å². The molecule has 0 heterocycles. The van der Waals surface area contributed by atoms with Crippen molar-refractivity contribution in [1.29, 1.82) is 0 Å². The topological polar surface area (TPSA) is 12.0 Å². The van der Waals surface area contributed by atoms with E-state index in [9.17, 15) is 0 Å². The standard InChI is InChI=1S/C10H19N/c1-3-10(11-2)9-5-7-4-8(7)6-9/h7-11H,3-6H2,1-2H3. The largest absolute Gasteiger partial charge is 0.317 e. The van der Waals surface area contributed by atoms with E-state index < -0.39 is 0 Å². The molecule has 11 heavy (non-hydrogen) atoms. The van der Waals surface area contributed by atoms with E-state index in [1.54, 1.807) is 6.42 Å². The van der Waals surface area contributed by atoms with Gasteiger partial charge in [0.1, 0.15) is 0 Å². The number of hydrogen-bond donors (Lipinski definition) is 1. The zero-order valence-corrected chi connectivity index (χ0v) is 7.64. The summed E-state index contributed by atoms with van der Waals surface area (Å²) in [6.07, 6.45) is 5.89. The van der Waals surface area contributed by atoms with E-state index in [0.717, 1.165) is 23.8 Å². The Bertz CT molecular complexity index is 130. The van der Waals surface area contributed by atoms with Crippen molar-refractivity contribution in [3.8, 4) is 0 Å². The summed E-state index contributed by atoms with van der Waals surface area (Å²) in [7, 11) is 2.11. The van der Waals surface area contributed by atoms with Gasteiger partial charge in [0, 0.05) is 6.04 Å². The molecular formula is C10H19N. The zero-order chi connectivity index (χ0) is 7.84. The lowest BCUT2D eigenvalue weighted by molar-refractivity contribution is 0.343. The van der Waals surface area contributed by atoms with Crippen molar-refractivity contribution in [2.75, 3.05) is 7.05 Å². The normalized spacial score (nSPS) is 43.6. The van der Waals surface area contributed by atoms with Crippen molar-refractivity contribution >= 4 is 0 Å². The van der Waals surface area contributed by atoms with Gasteiger partial charge >= 0.3 is 0 Å². The fraction of sp³-hybridized carbons (Fsp3) is 1.00. The molecule has 0 radical (unpaired) electrons. The van der Waals surface area contributed by atoms with E-state index in [-0.39, 0.29) is 0 Å². The molecule has 2 aliphatic rings. The van der Waals surface area contributed by atoms with Crippen molar-refractivity contribution in [3.63, 3.8) is 0 Å². The fourth-order valence-corrected chi connectivity index (χ4v) is 2.86. The number of nitrogens with one attached hydrogen (secondary N) is 1. The molecule has 0 aromatic heterocycles. The summed E-state index contributed by atoms with van der Waals surface area (Å²) in [5.74, 6) is 3.29. The molecule has 0 bridgehead atoms. The first kappa shape index (κ1) is 7.60. The lowest BCUT2D eigenvalue weighted by Crippen LogP contribution is -2.32. The Balaban J connectivity index is 1.85. The molecule has 2 rings (SSSR count). The van der Waals surface area contributed by atoms with Crippen LogP contribution in [0.2, 0.25) is 0 Å². The van der Waals surface area contributed by atoms with E-state index in [1.807, 2.05) is 0 Å². The lowest BCUT2D eigenvalue weighted by Gasteiger charge is -2.22. The minimum atomic E-state index is 0.808. The highest BCUT2D eigenvalue weighted by Crippen LogP contribution is 2.55. The van der Waals surface area contributed by atoms with E-state index in [0.29, 0.717) is 0 Å². The maximum atomic E-state index is 3.43. The molecule has 0 aromatic carbocycles. The molecule has 1 heteroatoms. The van der Waals surface area contributed by atoms with Gasteiger partial charge in [-0.1, -0.05) is 6.92 Å². The predicted octanol–water partition coefficient (Wildman–Crippen LogP) is 2.03. The van der Waals surface area contributed by atoms with Crippen LogP contribution in [0.3, 0.4) is 0 Å². The predicted molar refractivity (Wildman–Crippen MR) is 47.5 cm³/mol. The number of fused-ring (bicyclic) bond motifs is 1. The first-order valence-corrected chi connectivity index (χ1v) is 5.02. The third-order valence-corrected chi connectivity index (χ3v) is 3.66. The van der Waals surface area contributed by atoms with Crippen molar-refractivity contribution in [2.24, 2.45) is 17.8 Å². The van der Waals surface area contributed by atoms with Gasteiger partial charge in [-0.3, -0.25) is 0 Å². The summed E-state index contributed by atoms with van der Waals surface area (Å²) >= 11 is 0. The molecule has 3 atom stereocenters. The fourth-order valence-electron chi connectivity index (χ4n) is 2.86. The maximum absolute atomic E-state index is 3.43. The molecule has 3 unspecified atom stereocenters. The van der Waals surface area contributed by atoms with Gasteiger partial charge in [0.05, 0.1) is 0 Å². The van der Waals surface area contributed by atoms with Gasteiger partial charge < -0.3 is 5.32 Å². The smallest absolute Gasteiger partial charge is 0.00899 e. The Morgan fingerprint density at radius 3 is 2.36 bits per heavy atom. The zero-order valence-electron chi connectivity index (χ0n) is 7.64. The van der Waals surface area contributed by atoms with Crippen LogP contribution in [-0.2, 0) is 0 Å². The van der Waals surface area contributed by atoms with Crippen LogP contribution < -0.4 is 5.32 Å². The third-order valence-electron chi connectivity index (χ3n) is 3.66. The third kappa shape index (κ3) is 1.31. The summed E-state index contributed by atoms with van der Waals surface area (Å²) < 4.78 is 0. The van der Waals surface area contributed by atoms with Gasteiger partial charge in [0.2, 0.25) is 0 Å². The average molecular weight is 153 g/mol. The highest BCUT2D eigenvalue weighted by Gasteiger charge is 2.47. The van der Waals surface area contributed by atoms with E-state index in [4.69, 9.17) is 0 Å². The van der Waals surface area contributed by atoms with Crippen LogP contribution in [0.4, 0.5) is 0 Å². The van der Waals surface area contributed by atoms with Gasteiger partial charge in [0.25, 0.3) is 0 Å². The lowest BCUT2D eigenvalue weighted by atomic mass is 9.93. The molecule has 2 fully saturated rings. The van der Waals surface area contributed by atoms with Gasteiger partial charge in [-0.15, -0.1) is 0 Å². The molecule has 2 saturated carbocycles. The average Bonchev–Trinajstić information content (AvgIpc) is 2.62. The molecule has 0 aliphatic heterocycles. The second kappa shape index (κ2) is 2.78. The molecule has 0 aromatic rings. The van der Waals surface area contributed by atoms with Crippen molar-refractivity contribution in [3.05, 3.63) is 0 Å². The SMILES string of the molecule is CCC(NC)C1CC2CC2C1. The molecule has 0 spiro atoms. The highest BCUT2D eigenvalue weighted by molar-refractivity contribution is 4.98. The van der Waals surface area contributed by atoms with Crippen molar-refractivity contribution in [1.82, 2.24) is 5.32 Å². The Morgan fingerprint density at radius 1 is 1.27 bits per heavy atom. The molecule has 0 saturated heterocycles. The summed E-state index contributed by atoms with van der Waals surface area (Å²) in [4.78, 5) is 0. The molecule has 1 N–H and O–H groups in total. The van der Waals surface area contributed by atoms with Gasteiger partial charge in [0.15, 0.2) is 0 Å². The van der Waals surface area contributed by atoms with Gasteiger partial charge in [-0.25, -0.2) is 0 Å². The molecule has 0 amide bonds. The quantitative estimate of drug-likeness (QED) is 0.654. The molecule has 1 nitrogen and oxygen atoms in total. The molecular weight excluding hydrogens is 134 g/mol. The second-order valence-corrected chi connectivity index (χ2v) is 4.29. The van der Waals surface area contributed by atoms with Crippen LogP contribution in [0.25, 0.3) is 0 Å². The van der Waals surface area contributed by atoms with Crippen LogP contribution >= 0.6 is 0 Å². The monoisotopic (exact) mass is 153 g/mol. The molecule has 64 valence electrons. The van der Waals surface area contributed by atoms with Gasteiger partial charge in [-0.05, 0) is 50.5 Å². The van der Waals surface area contributed by atoms with E-state index in [2.05, 4.69) is 19.3 Å². The van der Waals surface area contributed by atoms with Crippen LogP contribution in [0.1, 0.15) is 32.6 Å². The highest BCUT2D eigenvalue weighted by atomic mass is 14.9. The van der Waals surface area contributed by atoms with Crippen LogP contribution in [0, 0.1) is 17.8 Å². The van der Waals surface area contributed by atoms with Crippen molar-refractivity contribution in [2.45, 2.75) is 38.6 Å². The Labute approximate surface area is 69.6 Å². The molecule has 2 aliphatic carbocycles. The Kier molecular flexibility index (Phi) is 1.92. The first-order chi connectivity index (χ1) is 5.35. The van der Waals surface area contributed by atoms with Crippen LogP contribution in [0.15, 0.2) is 0 Å². The summed E-state index contributed by atoms with van der Waals surface area (Å²) in [5.41, 5.74) is 0. The van der Waals surface area contributed by atoms with E-state index >= 15 is 0 Å². The minimum absolute atomic E-state index is 0.808. The van der Waals surface area contributed by atoms with Crippen LogP contribution in [0.5, 0.6) is 0 Å². The summed E-state index contributed by atoms with van der Waals surface area (Å²) in [6, 6.07) is 0.808. The Morgan fingerprint density at radius 2 is 1.91 bits per heavy atom. The number of hydrogen-bond acceptors (Lipinski definition) is 1. The summed E-state index contributed by atoms with van der Waals surface area (Å²) in [5, 5.41) is 3.43. The second-order valence-electron chi connectivity index (χ2n) is 4.29. The van der Waals surface area contributed by atoms with Crippen molar-refractivity contribution < 1.29 is 0 Å². The minimum Gasteiger partial charge on any atom is -0.317 e. The van der Waals surface area contributed by atoms with Gasteiger partial charge in [-0.2, -0.15) is 0 Å². The Hall–Kier alpha value is -0.0400. The maximum Gasteiger partial charge on any atom is 0.00899 e.